The van der Waals surface area contributed by atoms with Gasteiger partial charge in [-0.25, -0.2) is 0 Å². The third kappa shape index (κ3) is 2.31. The van der Waals surface area contributed by atoms with Crippen LogP contribution in [-0.4, -0.2) is 4.98 Å². The van der Waals surface area contributed by atoms with Crippen molar-refractivity contribution in [3.05, 3.63) is 42.1 Å². The van der Waals surface area contributed by atoms with Gasteiger partial charge in [-0.1, -0.05) is 0 Å². The number of rotatable bonds is 2. The van der Waals surface area contributed by atoms with Gasteiger partial charge in [0, 0.05) is 23.9 Å². The van der Waals surface area contributed by atoms with E-state index in [2.05, 4.69) is 4.98 Å². The van der Waals surface area contributed by atoms with E-state index in [0.717, 1.165) is 12.3 Å². The fourth-order valence-corrected chi connectivity index (χ4v) is 1.48. The summed E-state index contributed by atoms with van der Waals surface area (Å²) in [5, 5.41) is 0. The first-order chi connectivity index (χ1) is 8.02. The van der Waals surface area contributed by atoms with Gasteiger partial charge in [-0.05, 0) is 12.1 Å². The number of hydrogen-bond acceptors (Lipinski definition) is 3. The summed E-state index contributed by atoms with van der Waals surface area (Å²) in [6, 6.07) is 2.59. The maximum absolute atomic E-state index is 12.6. The van der Waals surface area contributed by atoms with E-state index in [9.17, 15) is 13.2 Å². The predicted octanol–water partition coefficient (Wildman–Crippen LogP) is 2.82. The number of hydrogen-bond donors (Lipinski definition) is 1. The Morgan fingerprint density at radius 2 is 2.12 bits per heavy atom. The zero-order valence-electron chi connectivity index (χ0n) is 8.66. The Bertz CT molecular complexity index is 506. The Labute approximate surface area is 95.1 Å². The van der Waals surface area contributed by atoms with Crippen LogP contribution >= 0.6 is 0 Å². The molecule has 0 unspecified atom stereocenters. The summed E-state index contributed by atoms with van der Waals surface area (Å²) in [7, 11) is 0. The molecule has 2 aromatic rings. The summed E-state index contributed by atoms with van der Waals surface area (Å²) in [5.74, 6) is 0. The first kappa shape index (κ1) is 11.7. The van der Waals surface area contributed by atoms with Crippen molar-refractivity contribution in [1.29, 1.82) is 0 Å². The van der Waals surface area contributed by atoms with Crippen LogP contribution in [0.15, 0.2) is 35.3 Å². The maximum atomic E-state index is 12.6. The molecule has 2 N–H and O–H groups in total. The molecule has 0 spiro atoms. The van der Waals surface area contributed by atoms with Crippen molar-refractivity contribution >= 4 is 0 Å². The lowest BCUT2D eigenvalue weighted by Crippen LogP contribution is -2.09. The van der Waals surface area contributed by atoms with E-state index in [1.165, 1.54) is 12.5 Å². The number of alkyl halides is 3. The van der Waals surface area contributed by atoms with Gasteiger partial charge < -0.3 is 10.2 Å². The van der Waals surface area contributed by atoms with Crippen molar-refractivity contribution in [3.63, 3.8) is 0 Å². The SMILES string of the molecule is NCc1ncc(C(F)(F)F)cc1-c1ccoc1. The van der Waals surface area contributed by atoms with E-state index in [0.29, 0.717) is 16.8 Å². The zero-order valence-corrected chi connectivity index (χ0v) is 8.66. The van der Waals surface area contributed by atoms with Gasteiger partial charge >= 0.3 is 6.18 Å². The highest BCUT2D eigenvalue weighted by Crippen LogP contribution is 2.32. The molecule has 0 aliphatic rings. The minimum atomic E-state index is -4.42. The molecule has 0 saturated heterocycles. The van der Waals surface area contributed by atoms with E-state index in [1.807, 2.05) is 0 Å². The summed E-state index contributed by atoms with van der Waals surface area (Å²) in [6.45, 7) is 0.0681. The molecule has 2 aromatic heterocycles. The van der Waals surface area contributed by atoms with Crippen molar-refractivity contribution in [3.8, 4) is 11.1 Å². The molecule has 0 radical (unpaired) electrons. The summed E-state index contributed by atoms with van der Waals surface area (Å²) in [5.41, 5.74) is 5.92. The monoisotopic (exact) mass is 242 g/mol. The van der Waals surface area contributed by atoms with Crippen LogP contribution < -0.4 is 5.73 Å². The Morgan fingerprint density at radius 1 is 1.35 bits per heavy atom. The highest BCUT2D eigenvalue weighted by atomic mass is 19.4. The lowest BCUT2D eigenvalue weighted by atomic mass is 10.0. The quantitative estimate of drug-likeness (QED) is 0.880. The van der Waals surface area contributed by atoms with Gasteiger partial charge in [0.25, 0.3) is 0 Å². The van der Waals surface area contributed by atoms with Crippen LogP contribution in [0.2, 0.25) is 0 Å². The molecule has 17 heavy (non-hydrogen) atoms. The van der Waals surface area contributed by atoms with Gasteiger partial charge in [0.2, 0.25) is 0 Å². The summed E-state index contributed by atoms with van der Waals surface area (Å²) in [6.07, 6.45) is -0.892. The minimum absolute atomic E-state index is 0.0681. The minimum Gasteiger partial charge on any atom is -0.472 e. The number of pyridine rings is 1. The van der Waals surface area contributed by atoms with Crippen LogP contribution in [0.5, 0.6) is 0 Å². The second kappa shape index (κ2) is 4.21. The van der Waals surface area contributed by atoms with Gasteiger partial charge in [0.1, 0.15) is 0 Å². The Hall–Kier alpha value is -1.82. The van der Waals surface area contributed by atoms with Gasteiger partial charge in [0.15, 0.2) is 0 Å². The number of halogens is 3. The standard InChI is InChI=1S/C11H9F3N2O/c12-11(13,14)8-3-9(7-1-2-17-6-7)10(4-15)16-5-8/h1-3,5-6H,4,15H2. The molecule has 0 aliphatic carbocycles. The summed E-state index contributed by atoms with van der Waals surface area (Å²) in [4.78, 5) is 3.73. The van der Waals surface area contributed by atoms with Crippen molar-refractivity contribution in [2.24, 2.45) is 5.73 Å². The Kier molecular flexibility index (Phi) is 2.89. The van der Waals surface area contributed by atoms with E-state index < -0.39 is 11.7 Å². The van der Waals surface area contributed by atoms with Gasteiger partial charge in [-0.15, -0.1) is 0 Å². The van der Waals surface area contributed by atoms with Crippen LogP contribution in [0, 0.1) is 0 Å². The van der Waals surface area contributed by atoms with Crippen LogP contribution in [0.4, 0.5) is 13.2 Å². The average molecular weight is 242 g/mol. The Balaban J connectivity index is 2.55. The molecule has 0 atom stereocenters. The topological polar surface area (TPSA) is 52.0 Å². The zero-order chi connectivity index (χ0) is 12.5. The molecule has 0 bridgehead atoms. The summed E-state index contributed by atoms with van der Waals surface area (Å²) < 4.78 is 42.5. The lowest BCUT2D eigenvalue weighted by molar-refractivity contribution is -0.137. The van der Waals surface area contributed by atoms with E-state index >= 15 is 0 Å². The van der Waals surface area contributed by atoms with Gasteiger partial charge in [0.05, 0.1) is 23.8 Å². The second-order valence-electron chi connectivity index (χ2n) is 3.43. The third-order valence-corrected chi connectivity index (χ3v) is 2.32. The molecule has 0 aliphatic heterocycles. The molecule has 2 rings (SSSR count). The van der Waals surface area contributed by atoms with E-state index in [1.54, 1.807) is 6.07 Å². The molecular formula is C11H9F3N2O. The first-order valence-electron chi connectivity index (χ1n) is 4.81. The third-order valence-electron chi connectivity index (χ3n) is 2.32. The Morgan fingerprint density at radius 3 is 2.65 bits per heavy atom. The predicted molar refractivity (Wildman–Crippen MR) is 54.8 cm³/mol. The lowest BCUT2D eigenvalue weighted by Gasteiger charge is -2.10. The number of nitrogens with two attached hydrogens (primary N) is 1. The molecule has 0 fully saturated rings. The molecule has 6 heteroatoms. The van der Waals surface area contributed by atoms with Gasteiger partial charge in [-0.3, -0.25) is 4.98 Å². The van der Waals surface area contributed by atoms with Gasteiger partial charge in [-0.2, -0.15) is 13.2 Å². The van der Waals surface area contributed by atoms with Crippen molar-refractivity contribution in [2.45, 2.75) is 12.7 Å². The first-order valence-corrected chi connectivity index (χ1v) is 4.81. The molecule has 0 saturated carbocycles. The molecule has 2 heterocycles. The van der Waals surface area contributed by atoms with E-state index in [4.69, 9.17) is 10.2 Å². The fourth-order valence-electron chi connectivity index (χ4n) is 1.48. The molecule has 90 valence electrons. The fraction of sp³-hybridized carbons (Fsp3) is 0.182. The van der Waals surface area contributed by atoms with Crippen molar-refractivity contribution in [1.82, 2.24) is 4.98 Å². The van der Waals surface area contributed by atoms with Crippen molar-refractivity contribution < 1.29 is 17.6 Å². The highest BCUT2D eigenvalue weighted by molar-refractivity contribution is 5.65. The molecule has 3 nitrogen and oxygen atoms in total. The summed E-state index contributed by atoms with van der Waals surface area (Å²) >= 11 is 0. The highest BCUT2D eigenvalue weighted by Gasteiger charge is 2.31. The normalized spacial score (nSPS) is 11.8. The number of aromatic nitrogens is 1. The molecular weight excluding hydrogens is 233 g/mol. The average Bonchev–Trinajstić information content (AvgIpc) is 2.80. The van der Waals surface area contributed by atoms with Crippen LogP contribution in [0.25, 0.3) is 11.1 Å². The van der Waals surface area contributed by atoms with E-state index in [-0.39, 0.29) is 6.54 Å². The number of nitrogens with zero attached hydrogens (tertiary/aromatic N) is 1. The van der Waals surface area contributed by atoms with Crippen LogP contribution in [0.3, 0.4) is 0 Å². The van der Waals surface area contributed by atoms with Crippen LogP contribution in [0.1, 0.15) is 11.3 Å². The smallest absolute Gasteiger partial charge is 0.417 e. The maximum Gasteiger partial charge on any atom is 0.417 e. The van der Waals surface area contributed by atoms with Crippen molar-refractivity contribution in [2.75, 3.05) is 0 Å². The largest absolute Gasteiger partial charge is 0.472 e. The molecule has 0 amide bonds. The van der Waals surface area contributed by atoms with Crippen LogP contribution in [-0.2, 0) is 12.7 Å². The second-order valence-corrected chi connectivity index (χ2v) is 3.43. The molecule has 0 aromatic carbocycles. The number of furan rings is 1.